The molecule has 2 heterocycles. The quantitative estimate of drug-likeness (QED) is 0.815. The number of rotatable bonds is 2. The van der Waals surface area contributed by atoms with Crippen LogP contribution in [0, 0.1) is 25.2 Å². The zero-order chi connectivity index (χ0) is 14.0. The Labute approximate surface area is 115 Å². The Kier molecular flexibility index (Phi) is 4.06. The number of aryl methyl sites for hydroxylation is 2. The molecule has 2 rings (SSSR count). The van der Waals surface area contributed by atoms with Gasteiger partial charge in [-0.3, -0.25) is 4.90 Å². The molecule has 4 heteroatoms. The zero-order valence-corrected chi connectivity index (χ0v) is 12.3. The maximum absolute atomic E-state index is 9.36. The lowest BCUT2D eigenvalue weighted by Crippen LogP contribution is -2.52. The van der Waals surface area contributed by atoms with Gasteiger partial charge in [-0.05, 0) is 38.9 Å². The average molecular weight is 258 g/mol. The number of piperazine rings is 1. The van der Waals surface area contributed by atoms with Crippen molar-refractivity contribution < 1.29 is 0 Å². The maximum atomic E-state index is 9.36. The summed E-state index contributed by atoms with van der Waals surface area (Å²) in [5.41, 5.74) is 2.73. The van der Waals surface area contributed by atoms with Gasteiger partial charge in [0.15, 0.2) is 0 Å². The van der Waals surface area contributed by atoms with E-state index in [0.717, 1.165) is 48.8 Å². The number of nitrogens with zero attached hydrogens (tertiary/aromatic N) is 4. The molecule has 0 aromatic carbocycles. The molecular weight excluding hydrogens is 236 g/mol. The smallest absolute Gasteiger partial charge is 0.147 e. The van der Waals surface area contributed by atoms with E-state index in [1.165, 1.54) is 0 Å². The summed E-state index contributed by atoms with van der Waals surface area (Å²) >= 11 is 0. The van der Waals surface area contributed by atoms with Crippen molar-refractivity contribution in [3.05, 3.63) is 22.9 Å². The zero-order valence-electron chi connectivity index (χ0n) is 12.3. The Hall–Kier alpha value is -1.60. The third-order valence-corrected chi connectivity index (χ3v) is 3.91. The third kappa shape index (κ3) is 2.71. The summed E-state index contributed by atoms with van der Waals surface area (Å²) in [6, 6.07) is 4.80. The fourth-order valence-corrected chi connectivity index (χ4v) is 2.84. The fraction of sp³-hybridized carbons (Fsp3) is 0.600. The molecule has 0 bridgehead atoms. The van der Waals surface area contributed by atoms with E-state index < -0.39 is 0 Å². The first-order valence-corrected chi connectivity index (χ1v) is 6.94. The van der Waals surface area contributed by atoms with E-state index in [1.807, 2.05) is 19.9 Å². The van der Waals surface area contributed by atoms with Crippen molar-refractivity contribution in [3.63, 3.8) is 0 Å². The van der Waals surface area contributed by atoms with Gasteiger partial charge in [0.25, 0.3) is 0 Å². The van der Waals surface area contributed by atoms with Crippen molar-refractivity contribution in [3.8, 4) is 6.07 Å². The highest BCUT2D eigenvalue weighted by molar-refractivity contribution is 5.58. The molecule has 1 unspecified atom stereocenters. The minimum Gasteiger partial charge on any atom is -0.353 e. The van der Waals surface area contributed by atoms with Crippen LogP contribution in [0.5, 0.6) is 0 Å². The molecule has 0 spiro atoms. The first kappa shape index (κ1) is 13.8. The molecule has 1 aliphatic heterocycles. The summed E-state index contributed by atoms with van der Waals surface area (Å²) in [5.74, 6) is 0.864. The molecule has 1 fully saturated rings. The summed E-state index contributed by atoms with van der Waals surface area (Å²) in [7, 11) is 0. The van der Waals surface area contributed by atoms with Gasteiger partial charge in [-0.2, -0.15) is 5.26 Å². The van der Waals surface area contributed by atoms with Crippen LogP contribution in [-0.4, -0.2) is 42.1 Å². The molecule has 1 aliphatic rings. The standard InChI is InChI=1S/C15H22N4/c1-5-18-6-7-19(10-13(18)4)15-14(9-16)11(2)8-12(3)17-15/h8,13H,5-7,10H2,1-4H3. The van der Waals surface area contributed by atoms with E-state index in [4.69, 9.17) is 0 Å². The van der Waals surface area contributed by atoms with Gasteiger partial charge in [-0.25, -0.2) is 4.98 Å². The number of aromatic nitrogens is 1. The lowest BCUT2D eigenvalue weighted by Gasteiger charge is -2.40. The largest absolute Gasteiger partial charge is 0.353 e. The molecule has 1 saturated heterocycles. The third-order valence-electron chi connectivity index (χ3n) is 3.91. The van der Waals surface area contributed by atoms with Crippen molar-refractivity contribution in [2.75, 3.05) is 31.1 Å². The maximum Gasteiger partial charge on any atom is 0.147 e. The van der Waals surface area contributed by atoms with Gasteiger partial charge < -0.3 is 4.90 Å². The molecule has 1 aromatic heterocycles. The number of hydrogen-bond donors (Lipinski definition) is 0. The molecule has 0 aliphatic carbocycles. The Morgan fingerprint density at radius 2 is 2.16 bits per heavy atom. The van der Waals surface area contributed by atoms with E-state index in [2.05, 4.69) is 34.7 Å². The van der Waals surface area contributed by atoms with Gasteiger partial charge in [-0.15, -0.1) is 0 Å². The van der Waals surface area contributed by atoms with Crippen molar-refractivity contribution in [1.29, 1.82) is 5.26 Å². The minimum atomic E-state index is 0.507. The molecule has 0 amide bonds. The Bertz CT molecular complexity index is 504. The van der Waals surface area contributed by atoms with E-state index in [9.17, 15) is 5.26 Å². The van der Waals surface area contributed by atoms with Crippen LogP contribution in [0.15, 0.2) is 6.07 Å². The second kappa shape index (κ2) is 5.58. The van der Waals surface area contributed by atoms with Crippen molar-refractivity contribution in [2.24, 2.45) is 0 Å². The highest BCUT2D eigenvalue weighted by Gasteiger charge is 2.25. The monoisotopic (exact) mass is 258 g/mol. The van der Waals surface area contributed by atoms with Gasteiger partial charge in [0.05, 0.1) is 5.56 Å². The van der Waals surface area contributed by atoms with Crippen LogP contribution < -0.4 is 4.90 Å². The fourth-order valence-electron chi connectivity index (χ4n) is 2.84. The van der Waals surface area contributed by atoms with Crippen molar-refractivity contribution in [2.45, 2.75) is 33.7 Å². The number of nitriles is 1. The highest BCUT2D eigenvalue weighted by atomic mass is 15.3. The molecule has 0 N–H and O–H groups in total. The molecule has 0 saturated carbocycles. The average Bonchev–Trinajstić information content (AvgIpc) is 2.37. The minimum absolute atomic E-state index is 0.507. The van der Waals surface area contributed by atoms with E-state index in [0.29, 0.717) is 6.04 Å². The van der Waals surface area contributed by atoms with Gasteiger partial charge >= 0.3 is 0 Å². The molecule has 102 valence electrons. The van der Waals surface area contributed by atoms with Crippen LogP contribution in [0.1, 0.15) is 30.7 Å². The number of anilines is 1. The highest BCUT2D eigenvalue weighted by Crippen LogP contribution is 2.24. The molecule has 0 radical (unpaired) electrons. The lowest BCUT2D eigenvalue weighted by atomic mass is 10.1. The first-order valence-electron chi connectivity index (χ1n) is 6.94. The van der Waals surface area contributed by atoms with Gasteiger partial charge in [0.2, 0.25) is 0 Å². The second-order valence-corrected chi connectivity index (χ2v) is 5.31. The number of likely N-dealkylation sites (N-methyl/N-ethyl adjacent to an activating group) is 1. The predicted octanol–water partition coefficient (Wildman–Crippen LogP) is 2.10. The first-order chi connectivity index (χ1) is 9.06. The molecule has 1 atom stereocenters. The van der Waals surface area contributed by atoms with Gasteiger partial charge in [0.1, 0.15) is 11.9 Å². The topological polar surface area (TPSA) is 43.2 Å². The number of pyridine rings is 1. The van der Waals surface area contributed by atoms with Crippen molar-refractivity contribution >= 4 is 5.82 Å². The molecule has 1 aromatic rings. The van der Waals surface area contributed by atoms with Crippen LogP contribution in [-0.2, 0) is 0 Å². The van der Waals surface area contributed by atoms with Crippen LogP contribution in [0.4, 0.5) is 5.82 Å². The molecular formula is C15H22N4. The van der Waals surface area contributed by atoms with Crippen LogP contribution >= 0.6 is 0 Å². The van der Waals surface area contributed by atoms with E-state index in [-0.39, 0.29) is 0 Å². The SMILES string of the molecule is CCN1CCN(c2nc(C)cc(C)c2C#N)CC1C. The molecule has 4 nitrogen and oxygen atoms in total. The summed E-state index contributed by atoms with van der Waals surface area (Å²) < 4.78 is 0. The van der Waals surface area contributed by atoms with E-state index in [1.54, 1.807) is 0 Å². The predicted molar refractivity (Wildman–Crippen MR) is 77.3 cm³/mol. The van der Waals surface area contributed by atoms with Crippen LogP contribution in [0.2, 0.25) is 0 Å². The summed E-state index contributed by atoms with van der Waals surface area (Å²) in [6.45, 7) is 12.4. The van der Waals surface area contributed by atoms with Crippen LogP contribution in [0.25, 0.3) is 0 Å². The Morgan fingerprint density at radius 1 is 1.42 bits per heavy atom. The summed E-state index contributed by atoms with van der Waals surface area (Å²) in [6.07, 6.45) is 0. The Balaban J connectivity index is 2.31. The molecule has 19 heavy (non-hydrogen) atoms. The Morgan fingerprint density at radius 3 is 2.74 bits per heavy atom. The van der Waals surface area contributed by atoms with Gasteiger partial charge in [0, 0.05) is 31.4 Å². The van der Waals surface area contributed by atoms with Crippen LogP contribution in [0.3, 0.4) is 0 Å². The summed E-state index contributed by atoms with van der Waals surface area (Å²) in [4.78, 5) is 9.32. The second-order valence-electron chi connectivity index (χ2n) is 5.31. The summed E-state index contributed by atoms with van der Waals surface area (Å²) in [5, 5.41) is 9.36. The van der Waals surface area contributed by atoms with E-state index >= 15 is 0 Å². The lowest BCUT2D eigenvalue weighted by molar-refractivity contribution is 0.199. The van der Waals surface area contributed by atoms with Gasteiger partial charge in [-0.1, -0.05) is 6.92 Å². The normalized spacial score (nSPS) is 20.4. The van der Waals surface area contributed by atoms with Crippen molar-refractivity contribution in [1.82, 2.24) is 9.88 Å². The number of hydrogen-bond acceptors (Lipinski definition) is 4.